The van der Waals surface area contributed by atoms with Crippen LogP contribution in [-0.4, -0.2) is 44.4 Å². The molecule has 1 heterocycles. The van der Waals surface area contributed by atoms with Crippen LogP contribution in [0.3, 0.4) is 0 Å². The van der Waals surface area contributed by atoms with Crippen molar-refractivity contribution in [3.63, 3.8) is 0 Å². The van der Waals surface area contributed by atoms with E-state index in [2.05, 4.69) is 9.57 Å². The molecular weight excluding hydrogens is 220 g/mol. The van der Waals surface area contributed by atoms with Gasteiger partial charge in [0, 0.05) is 7.05 Å². The van der Waals surface area contributed by atoms with Gasteiger partial charge in [0.2, 0.25) is 6.10 Å². The van der Waals surface area contributed by atoms with E-state index >= 15 is 0 Å². The molecule has 0 saturated carbocycles. The third-order valence-electron chi connectivity index (χ3n) is 1.98. The lowest BCUT2D eigenvalue weighted by Gasteiger charge is -2.12. The van der Waals surface area contributed by atoms with E-state index in [9.17, 15) is 9.59 Å². The fourth-order valence-corrected chi connectivity index (χ4v) is 1.28. The van der Waals surface area contributed by atoms with Crippen LogP contribution in [-0.2, 0) is 28.7 Å². The number of hydrogen-bond acceptors (Lipinski definition) is 8. The zero-order valence-electron chi connectivity index (χ0n) is 9.05. The molecule has 1 atom stereocenters. The van der Waals surface area contributed by atoms with Crippen LogP contribution in [0.15, 0.2) is 11.5 Å². The minimum absolute atomic E-state index is 0.00944. The summed E-state index contributed by atoms with van der Waals surface area (Å²) >= 11 is 0. The number of hydrogen-bond donors (Lipinski definition) is 1. The summed E-state index contributed by atoms with van der Waals surface area (Å²) < 4.78 is 9.42. The normalized spacial score (nSPS) is 19.8. The van der Waals surface area contributed by atoms with Crippen molar-refractivity contribution in [1.29, 1.82) is 0 Å². The molecule has 0 amide bonds. The average molecular weight is 232 g/mol. The number of nitrogens with two attached hydrogens (primary N) is 1. The van der Waals surface area contributed by atoms with Crippen molar-refractivity contribution in [3.05, 3.63) is 11.5 Å². The maximum atomic E-state index is 11.4. The Hall–Kier alpha value is -1.80. The van der Waals surface area contributed by atoms with Gasteiger partial charge >= 0.3 is 11.9 Å². The second-order valence-electron chi connectivity index (χ2n) is 2.83. The van der Waals surface area contributed by atoms with Crippen molar-refractivity contribution in [1.82, 2.24) is 5.06 Å². The van der Waals surface area contributed by atoms with Gasteiger partial charge in [-0.25, -0.2) is 19.5 Å². The molecule has 1 unspecified atom stereocenters. The van der Waals surface area contributed by atoms with E-state index in [4.69, 9.17) is 15.5 Å². The Morgan fingerprint density at radius 3 is 2.50 bits per heavy atom. The van der Waals surface area contributed by atoms with E-state index in [1.807, 2.05) is 0 Å². The smallest absolute Gasteiger partial charge is 0.364 e. The van der Waals surface area contributed by atoms with Gasteiger partial charge in [-0.3, -0.25) is 0 Å². The summed E-state index contributed by atoms with van der Waals surface area (Å²) in [4.78, 5) is 31.7. The molecule has 1 aliphatic rings. The molecular formula is C8H12N2O6. The third-order valence-corrected chi connectivity index (χ3v) is 1.98. The molecule has 0 aromatic carbocycles. The van der Waals surface area contributed by atoms with Crippen LogP contribution >= 0.6 is 0 Å². The summed E-state index contributed by atoms with van der Waals surface area (Å²) in [5.41, 5.74) is -0.0135. The quantitative estimate of drug-likeness (QED) is 0.472. The summed E-state index contributed by atoms with van der Waals surface area (Å²) in [5, 5.41) is 1.06. The first-order valence-electron chi connectivity index (χ1n) is 4.24. The minimum atomic E-state index is -1.20. The van der Waals surface area contributed by atoms with E-state index in [-0.39, 0.29) is 11.5 Å². The Kier molecular flexibility index (Phi) is 3.69. The van der Waals surface area contributed by atoms with E-state index in [1.54, 1.807) is 0 Å². The van der Waals surface area contributed by atoms with Gasteiger partial charge in [0.1, 0.15) is 0 Å². The van der Waals surface area contributed by atoms with Crippen molar-refractivity contribution < 1.29 is 28.7 Å². The van der Waals surface area contributed by atoms with E-state index < -0.39 is 18.0 Å². The Morgan fingerprint density at radius 2 is 2.06 bits per heavy atom. The predicted octanol–water partition coefficient (Wildman–Crippen LogP) is -1.32. The second-order valence-corrected chi connectivity index (χ2v) is 2.83. The van der Waals surface area contributed by atoms with E-state index in [1.165, 1.54) is 21.3 Å². The predicted molar refractivity (Wildman–Crippen MR) is 49.0 cm³/mol. The van der Waals surface area contributed by atoms with Gasteiger partial charge in [-0.1, -0.05) is 0 Å². The summed E-state index contributed by atoms with van der Waals surface area (Å²) in [6.07, 6.45) is -1.20. The van der Waals surface area contributed by atoms with Gasteiger partial charge in [-0.05, 0) is 0 Å². The van der Waals surface area contributed by atoms with Gasteiger partial charge in [0.05, 0.1) is 14.2 Å². The summed E-state index contributed by atoms with van der Waals surface area (Å²) in [6.45, 7) is 0. The largest absolute Gasteiger partial charge is 0.495 e. The van der Waals surface area contributed by atoms with Gasteiger partial charge in [-0.15, -0.1) is 0 Å². The molecule has 8 nitrogen and oxygen atoms in total. The summed E-state index contributed by atoms with van der Waals surface area (Å²) in [5.74, 6) is 3.16. The van der Waals surface area contributed by atoms with Crippen molar-refractivity contribution in [2.24, 2.45) is 5.90 Å². The molecule has 0 aromatic heterocycles. The molecule has 90 valence electrons. The standard InChI is InChI=1S/C8H12N2O6/c1-10-4(7(11)14-3)5(13-2)6(16-10)8(12)15-9/h6H,9H2,1-3H3. The molecule has 0 fully saturated rings. The molecule has 0 saturated heterocycles. The van der Waals surface area contributed by atoms with Crippen LogP contribution in [0.5, 0.6) is 0 Å². The molecule has 0 aliphatic carbocycles. The SMILES string of the molecule is COC(=O)C1=C(OC)C(C(=O)ON)ON1C. The van der Waals surface area contributed by atoms with Crippen LogP contribution < -0.4 is 5.90 Å². The lowest BCUT2D eigenvalue weighted by molar-refractivity contribution is -0.180. The molecule has 2 N–H and O–H groups in total. The lowest BCUT2D eigenvalue weighted by atomic mass is 10.2. The first kappa shape index (κ1) is 12.3. The lowest BCUT2D eigenvalue weighted by Crippen LogP contribution is -2.30. The highest BCUT2D eigenvalue weighted by molar-refractivity contribution is 5.91. The molecule has 1 aliphatic heterocycles. The Balaban J connectivity index is 3.08. The Morgan fingerprint density at radius 1 is 1.44 bits per heavy atom. The topological polar surface area (TPSA) is 100 Å². The van der Waals surface area contributed by atoms with Crippen molar-refractivity contribution in [2.75, 3.05) is 21.3 Å². The first-order valence-corrected chi connectivity index (χ1v) is 4.24. The second kappa shape index (κ2) is 4.81. The van der Waals surface area contributed by atoms with Crippen LogP contribution in [0.25, 0.3) is 0 Å². The monoisotopic (exact) mass is 232 g/mol. The molecule has 16 heavy (non-hydrogen) atoms. The number of esters is 1. The Bertz CT molecular complexity index is 339. The Labute approximate surface area is 91.4 Å². The van der Waals surface area contributed by atoms with Crippen molar-refractivity contribution in [2.45, 2.75) is 6.10 Å². The fourth-order valence-electron chi connectivity index (χ4n) is 1.28. The summed E-state index contributed by atoms with van der Waals surface area (Å²) in [7, 11) is 3.91. The maximum absolute atomic E-state index is 11.4. The van der Waals surface area contributed by atoms with E-state index in [0.29, 0.717) is 0 Å². The fraction of sp³-hybridized carbons (Fsp3) is 0.500. The van der Waals surface area contributed by atoms with Crippen molar-refractivity contribution in [3.8, 4) is 0 Å². The number of methoxy groups -OCH3 is 2. The molecule has 0 spiro atoms. The van der Waals surface area contributed by atoms with Crippen LogP contribution in [0.4, 0.5) is 0 Å². The molecule has 0 radical (unpaired) electrons. The number of rotatable bonds is 3. The molecule has 0 bridgehead atoms. The average Bonchev–Trinajstić information content (AvgIpc) is 2.63. The number of carbonyl (C=O) groups excluding carboxylic acids is 2. The van der Waals surface area contributed by atoms with Gasteiger partial charge < -0.3 is 14.3 Å². The maximum Gasteiger partial charge on any atom is 0.364 e. The zero-order chi connectivity index (χ0) is 12.3. The van der Waals surface area contributed by atoms with Gasteiger partial charge in [0.15, 0.2) is 11.5 Å². The van der Waals surface area contributed by atoms with Crippen LogP contribution in [0, 0.1) is 0 Å². The third kappa shape index (κ3) is 1.92. The van der Waals surface area contributed by atoms with Gasteiger partial charge in [-0.2, -0.15) is 5.90 Å². The number of ether oxygens (including phenoxy) is 2. The van der Waals surface area contributed by atoms with Crippen LogP contribution in [0.2, 0.25) is 0 Å². The van der Waals surface area contributed by atoms with Crippen molar-refractivity contribution >= 4 is 11.9 Å². The molecule has 8 heteroatoms. The highest BCUT2D eigenvalue weighted by Crippen LogP contribution is 2.26. The molecule has 0 aromatic rings. The molecule has 1 rings (SSSR count). The summed E-state index contributed by atoms with van der Waals surface area (Å²) in [6, 6.07) is 0. The number of nitrogens with zero attached hydrogens (tertiary/aromatic N) is 1. The first-order chi connectivity index (χ1) is 7.56. The van der Waals surface area contributed by atoms with Crippen LogP contribution in [0.1, 0.15) is 0 Å². The highest BCUT2D eigenvalue weighted by Gasteiger charge is 2.42. The van der Waals surface area contributed by atoms with Gasteiger partial charge in [0.25, 0.3) is 0 Å². The highest BCUT2D eigenvalue weighted by atomic mass is 16.7. The van der Waals surface area contributed by atoms with E-state index in [0.717, 1.165) is 5.06 Å². The number of carbonyl (C=O) groups is 2. The minimum Gasteiger partial charge on any atom is -0.495 e. The zero-order valence-corrected chi connectivity index (χ0v) is 9.05. The number of likely N-dealkylation sites (N-methyl/N-ethyl adjacent to an activating group) is 1. The number of hydroxylamine groups is 2.